The molecule has 0 aromatic carbocycles. The molecule has 2 N–H and O–H groups in total. The first kappa shape index (κ1) is 13.2. The van der Waals surface area contributed by atoms with E-state index in [2.05, 4.69) is 20.4 Å². The quantitative estimate of drug-likeness (QED) is 0.740. The summed E-state index contributed by atoms with van der Waals surface area (Å²) in [6, 6.07) is -0.319. The molecule has 0 aromatic heterocycles. The van der Waals surface area contributed by atoms with E-state index in [9.17, 15) is 4.79 Å². The highest BCUT2D eigenvalue weighted by atomic mass is 16.2. The van der Waals surface area contributed by atoms with Gasteiger partial charge >= 0.3 is 0 Å². The molecular weight excluding hydrogens is 200 g/mol. The number of piperidine rings is 1. The maximum atomic E-state index is 12.0. The van der Waals surface area contributed by atoms with E-state index in [0.717, 1.165) is 32.4 Å². The van der Waals surface area contributed by atoms with Crippen molar-refractivity contribution in [3.8, 4) is 0 Å². The number of nitrogens with zero attached hydrogens (tertiary/aromatic N) is 1. The van der Waals surface area contributed by atoms with Gasteiger partial charge in [0.15, 0.2) is 0 Å². The van der Waals surface area contributed by atoms with Gasteiger partial charge in [-0.15, -0.1) is 6.58 Å². The summed E-state index contributed by atoms with van der Waals surface area (Å²) in [5.41, 5.74) is 5.90. The lowest BCUT2D eigenvalue weighted by atomic mass is 9.96. The molecule has 92 valence electrons. The normalized spacial score (nSPS) is 19.9. The lowest BCUT2D eigenvalue weighted by Crippen LogP contribution is -2.47. The molecule has 1 saturated heterocycles. The molecule has 0 saturated carbocycles. The van der Waals surface area contributed by atoms with E-state index >= 15 is 0 Å². The molecule has 0 spiro atoms. The maximum absolute atomic E-state index is 12.0. The third-order valence-corrected chi connectivity index (χ3v) is 3.23. The zero-order valence-electron chi connectivity index (χ0n) is 10.5. The van der Waals surface area contributed by atoms with Gasteiger partial charge in [-0.05, 0) is 31.1 Å². The summed E-state index contributed by atoms with van der Waals surface area (Å²) >= 11 is 0. The molecule has 1 heterocycles. The molecule has 0 aliphatic carbocycles. The number of carbonyl (C=O) groups excluding carboxylic acids is 1. The van der Waals surface area contributed by atoms with Crippen LogP contribution in [-0.2, 0) is 4.79 Å². The molecule has 1 aliphatic rings. The Morgan fingerprint density at radius 1 is 1.50 bits per heavy atom. The minimum atomic E-state index is -0.319. The number of hydrogen-bond acceptors (Lipinski definition) is 2. The topological polar surface area (TPSA) is 46.3 Å². The second-order valence-electron chi connectivity index (χ2n) is 5.13. The molecule has 0 radical (unpaired) electrons. The Kier molecular flexibility index (Phi) is 5.00. The minimum absolute atomic E-state index is 0.121. The molecule has 0 unspecified atom stereocenters. The van der Waals surface area contributed by atoms with E-state index in [0.29, 0.717) is 11.8 Å². The molecule has 0 aromatic rings. The molecule has 1 amide bonds. The van der Waals surface area contributed by atoms with Crippen molar-refractivity contribution in [2.75, 3.05) is 13.1 Å². The maximum Gasteiger partial charge on any atom is 0.239 e. The highest BCUT2D eigenvalue weighted by molar-refractivity contribution is 5.81. The third kappa shape index (κ3) is 3.63. The standard InChI is InChI=1S/C13H24N2O/c1-4-11-5-7-15(8-6-11)13(16)12(14)9-10(2)3/h4,10-12H,1,5-9,14H2,2-3H3/t12-/m0/s1. The summed E-state index contributed by atoms with van der Waals surface area (Å²) in [5.74, 6) is 1.17. The van der Waals surface area contributed by atoms with E-state index in [1.807, 2.05) is 11.0 Å². The van der Waals surface area contributed by atoms with Crippen LogP contribution in [0.25, 0.3) is 0 Å². The summed E-state index contributed by atoms with van der Waals surface area (Å²) in [6.07, 6.45) is 4.84. The molecule has 1 aliphatic heterocycles. The summed E-state index contributed by atoms with van der Waals surface area (Å²) in [5, 5.41) is 0. The van der Waals surface area contributed by atoms with Crippen LogP contribution >= 0.6 is 0 Å². The summed E-state index contributed by atoms with van der Waals surface area (Å²) < 4.78 is 0. The molecule has 1 rings (SSSR count). The zero-order valence-corrected chi connectivity index (χ0v) is 10.5. The smallest absolute Gasteiger partial charge is 0.239 e. The fourth-order valence-electron chi connectivity index (χ4n) is 2.20. The fraction of sp³-hybridized carbons (Fsp3) is 0.769. The average Bonchev–Trinajstić information content (AvgIpc) is 2.27. The number of amides is 1. The largest absolute Gasteiger partial charge is 0.341 e. The van der Waals surface area contributed by atoms with Crippen molar-refractivity contribution in [1.82, 2.24) is 4.90 Å². The Labute approximate surface area is 98.7 Å². The molecule has 16 heavy (non-hydrogen) atoms. The van der Waals surface area contributed by atoms with Crippen molar-refractivity contribution in [2.45, 2.75) is 39.2 Å². The Hall–Kier alpha value is -0.830. The first-order chi connectivity index (χ1) is 7.54. The van der Waals surface area contributed by atoms with Crippen LogP contribution in [0.5, 0.6) is 0 Å². The van der Waals surface area contributed by atoms with Crippen molar-refractivity contribution in [2.24, 2.45) is 17.6 Å². The van der Waals surface area contributed by atoms with Gasteiger partial charge in [0.05, 0.1) is 6.04 Å². The molecule has 0 bridgehead atoms. The minimum Gasteiger partial charge on any atom is -0.341 e. The number of hydrogen-bond donors (Lipinski definition) is 1. The van der Waals surface area contributed by atoms with Gasteiger partial charge in [0.25, 0.3) is 0 Å². The van der Waals surface area contributed by atoms with Crippen LogP contribution < -0.4 is 5.73 Å². The molecule has 1 atom stereocenters. The fourth-order valence-corrected chi connectivity index (χ4v) is 2.20. The molecule has 1 fully saturated rings. The van der Waals surface area contributed by atoms with Crippen LogP contribution in [0, 0.1) is 11.8 Å². The van der Waals surface area contributed by atoms with Gasteiger partial charge in [-0.3, -0.25) is 4.79 Å². The van der Waals surface area contributed by atoms with Gasteiger partial charge in [0.2, 0.25) is 5.91 Å². The van der Waals surface area contributed by atoms with E-state index in [1.165, 1.54) is 0 Å². The Morgan fingerprint density at radius 3 is 2.50 bits per heavy atom. The van der Waals surface area contributed by atoms with Gasteiger partial charge in [-0.25, -0.2) is 0 Å². The van der Waals surface area contributed by atoms with Crippen LogP contribution in [0.1, 0.15) is 33.1 Å². The summed E-state index contributed by atoms with van der Waals surface area (Å²) in [6.45, 7) is 9.66. The van der Waals surface area contributed by atoms with Crippen LogP contribution in [0.3, 0.4) is 0 Å². The summed E-state index contributed by atoms with van der Waals surface area (Å²) in [4.78, 5) is 13.9. The Bertz CT molecular complexity index is 242. The van der Waals surface area contributed by atoms with Crippen molar-refractivity contribution >= 4 is 5.91 Å². The molecule has 3 heteroatoms. The van der Waals surface area contributed by atoms with Crippen LogP contribution in [0.4, 0.5) is 0 Å². The average molecular weight is 224 g/mol. The monoisotopic (exact) mass is 224 g/mol. The van der Waals surface area contributed by atoms with Gasteiger partial charge < -0.3 is 10.6 Å². The number of carbonyl (C=O) groups is 1. The van der Waals surface area contributed by atoms with Crippen molar-refractivity contribution in [3.05, 3.63) is 12.7 Å². The predicted octanol–water partition coefficient (Wildman–Crippen LogP) is 1.78. The number of rotatable bonds is 4. The van der Waals surface area contributed by atoms with Crippen molar-refractivity contribution < 1.29 is 4.79 Å². The molecule has 3 nitrogen and oxygen atoms in total. The van der Waals surface area contributed by atoms with Crippen LogP contribution in [-0.4, -0.2) is 29.9 Å². The van der Waals surface area contributed by atoms with Crippen molar-refractivity contribution in [3.63, 3.8) is 0 Å². The predicted molar refractivity (Wildman–Crippen MR) is 66.9 cm³/mol. The highest BCUT2D eigenvalue weighted by Crippen LogP contribution is 2.18. The van der Waals surface area contributed by atoms with Gasteiger partial charge in [-0.2, -0.15) is 0 Å². The van der Waals surface area contributed by atoms with Gasteiger partial charge in [-0.1, -0.05) is 19.9 Å². The summed E-state index contributed by atoms with van der Waals surface area (Å²) in [7, 11) is 0. The first-order valence-electron chi connectivity index (χ1n) is 6.21. The number of likely N-dealkylation sites (tertiary alicyclic amines) is 1. The highest BCUT2D eigenvalue weighted by Gasteiger charge is 2.25. The SMILES string of the molecule is C=CC1CCN(C(=O)[C@@H](N)CC(C)C)CC1. The number of allylic oxidation sites excluding steroid dienone is 1. The lowest BCUT2D eigenvalue weighted by molar-refractivity contribution is -0.134. The van der Waals surface area contributed by atoms with E-state index < -0.39 is 0 Å². The Morgan fingerprint density at radius 2 is 2.06 bits per heavy atom. The second kappa shape index (κ2) is 6.04. The van der Waals surface area contributed by atoms with Gasteiger partial charge in [0.1, 0.15) is 0 Å². The third-order valence-electron chi connectivity index (χ3n) is 3.23. The second-order valence-corrected chi connectivity index (χ2v) is 5.13. The number of nitrogens with two attached hydrogens (primary N) is 1. The lowest BCUT2D eigenvalue weighted by Gasteiger charge is -2.32. The van der Waals surface area contributed by atoms with Crippen LogP contribution in [0.2, 0.25) is 0 Å². The Balaban J connectivity index is 2.40. The van der Waals surface area contributed by atoms with Gasteiger partial charge in [0, 0.05) is 13.1 Å². The van der Waals surface area contributed by atoms with E-state index in [-0.39, 0.29) is 11.9 Å². The first-order valence-corrected chi connectivity index (χ1v) is 6.21. The molecular formula is C13H24N2O. The van der Waals surface area contributed by atoms with E-state index in [1.54, 1.807) is 0 Å². The van der Waals surface area contributed by atoms with E-state index in [4.69, 9.17) is 5.73 Å². The van der Waals surface area contributed by atoms with Crippen molar-refractivity contribution in [1.29, 1.82) is 0 Å². The zero-order chi connectivity index (χ0) is 12.1. The van der Waals surface area contributed by atoms with Crippen LogP contribution in [0.15, 0.2) is 12.7 Å².